The van der Waals surface area contributed by atoms with Gasteiger partial charge < -0.3 is 14.5 Å². The van der Waals surface area contributed by atoms with E-state index < -0.39 is 17.8 Å². The van der Waals surface area contributed by atoms with Gasteiger partial charge in [-0.2, -0.15) is 13.2 Å². The van der Waals surface area contributed by atoms with Crippen LogP contribution in [0.3, 0.4) is 0 Å². The molecule has 3 rings (SSSR count). The van der Waals surface area contributed by atoms with E-state index in [0.717, 1.165) is 6.07 Å². The maximum absolute atomic E-state index is 13.2. The molecule has 0 spiro atoms. The molecule has 1 N–H and O–H groups in total. The normalized spacial score (nSPS) is 11.3. The van der Waals surface area contributed by atoms with Gasteiger partial charge in [0.1, 0.15) is 11.6 Å². The first-order valence-corrected chi connectivity index (χ1v) is 8.23. The molecule has 0 aliphatic carbocycles. The van der Waals surface area contributed by atoms with Gasteiger partial charge in [0.2, 0.25) is 5.76 Å². The zero-order chi connectivity index (χ0) is 20.1. The van der Waals surface area contributed by atoms with Crippen LogP contribution in [0.15, 0.2) is 47.1 Å². The van der Waals surface area contributed by atoms with E-state index in [0.29, 0.717) is 11.3 Å². The van der Waals surface area contributed by atoms with Crippen LogP contribution in [-0.2, 0) is 17.5 Å². The second kappa shape index (κ2) is 8.07. The number of nitrogens with zero attached hydrogens (tertiary/aromatic N) is 3. The maximum atomic E-state index is 13.2. The van der Waals surface area contributed by atoms with Crippen molar-refractivity contribution in [3.8, 4) is 11.4 Å². The van der Waals surface area contributed by atoms with E-state index >= 15 is 0 Å². The smallest absolute Gasteiger partial charge is 0.433 e. The van der Waals surface area contributed by atoms with Gasteiger partial charge in [0.25, 0.3) is 0 Å². The summed E-state index contributed by atoms with van der Waals surface area (Å²) in [7, 11) is 0. The van der Waals surface area contributed by atoms with Crippen molar-refractivity contribution < 1.29 is 27.1 Å². The second-order valence-corrected chi connectivity index (χ2v) is 5.54. The van der Waals surface area contributed by atoms with Gasteiger partial charge in [-0.15, -0.1) is 0 Å². The summed E-state index contributed by atoms with van der Waals surface area (Å²) in [5.74, 6) is -0.437. The highest BCUT2D eigenvalue weighted by atomic mass is 19.4. The minimum atomic E-state index is -4.64. The fraction of sp³-hybridized carbons (Fsp3) is 0.222. The fourth-order valence-corrected chi connectivity index (χ4v) is 2.27. The number of furan rings is 1. The van der Waals surface area contributed by atoms with E-state index in [-0.39, 0.29) is 30.6 Å². The van der Waals surface area contributed by atoms with Gasteiger partial charge >= 0.3 is 12.1 Å². The number of rotatable bonds is 6. The summed E-state index contributed by atoms with van der Waals surface area (Å²) in [6.45, 7) is 1.88. The Bertz CT molecular complexity index is 958. The number of esters is 1. The topological polar surface area (TPSA) is 90.1 Å². The molecule has 0 amide bonds. The lowest BCUT2D eigenvalue weighted by Gasteiger charge is -2.11. The lowest BCUT2D eigenvalue weighted by atomic mass is 10.2. The summed E-state index contributed by atoms with van der Waals surface area (Å²) >= 11 is 0. The number of carbonyl (C=O) groups excluding carboxylic acids is 1. The van der Waals surface area contributed by atoms with Crippen molar-refractivity contribution in [1.29, 1.82) is 0 Å². The Hall–Kier alpha value is -3.43. The third-order valence-corrected chi connectivity index (χ3v) is 3.52. The van der Waals surface area contributed by atoms with Crippen LogP contribution >= 0.6 is 0 Å². The third kappa shape index (κ3) is 4.64. The van der Waals surface area contributed by atoms with Gasteiger partial charge in [-0.25, -0.2) is 14.8 Å². The number of aromatic nitrogens is 3. The first-order chi connectivity index (χ1) is 13.4. The average Bonchev–Trinajstić information content (AvgIpc) is 3.16. The van der Waals surface area contributed by atoms with Crippen LogP contribution in [0.25, 0.3) is 11.4 Å². The minimum absolute atomic E-state index is 0.00775. The number of ether oxygens (including phenoxy) is 1. The largest absolute Gasteiger partial charge is 0.460 e. The second-order valence-electron chi connectivity index (χ2n) is 5.54. The minimum Gasteiger partial charge on any atom is -0.460 e. The summed E-state index contributed by atoms with van der Waals surface area (Å²) in [5, 5.41) is 2.75. The van der Waals surface area contributed by atoms with Crippen molar-refractivity contribution in [2.24, 2.45) is 0 Å². The van der Waals surface area contributed by atoms with Gasteiger partial charge in [-0.1, -0.05) is 0 Å². The van der Waals surface area contributed by atoms with Crippen molar-refractivity contribution in [2.45, 2.75) is 19.6 Å². The van der Waals surface area contributed by atoms with Crippen molar-refractivity contribution in [3.63, 3.8) is 0 Å². The Balaban J connectivity index is 1.82. The summed E-state index contributed by atoms with van der Waals surface area (Å²) in [6, 6.07) is 6.88. The van der Waals surface area contributed by atoms with Gasteiger partial charge in [-0.05, 0) is 31.2 Å². The molecule has 0 atom stereocenters. The quantitative estimate of drug-likeness (QED) is 0.636. The molecule has 0 aliphatic rings. The number of carbonyl (C=O) groups is 1. The molecular formula is C18H15F3N4O3. The Kier molecular flexibility index (Phi) is 5.57. The average molecular weight is 392 g/mol. The van der Waals surface area contributed by atoms with Crippen molar-refractivity contribution in [2.75, 3.05) is 11.9 Å². The molecular weight excluding hydrogens is 377 g/mol. The molecule has 28 heavy (non-hydrogen) atoms. The van der Waals surface area contributed by atoms with Crippen molar-refractivity contribution in [3.05, 3.63) is 59.9 Å². The summed E-state index contributed by atoms with van der Waals surface area (Å²) in [6.07, 6.45) is -1.77. The lowest BCUT2D eigenvalue weighted by Crippen LogP contribution is -2.12. The van der Waals surface area contributed by atoms with E-state index in [1.54, 1.807) is 19.1 Å². The number of nitrogens with one attached hydrogen (secondary N) is 1. The number of hydrogen-bond donors (Lipinski definition) is 1. The molecule has 146 valence electrons. The van der Waals surface area contributed by atoms with Crippen LogP contribution in [0, 0.1) is 0 Å². The Morgan fingerprint density at radius 3 is 2.75 bits per heavy atom. The maximum Gasteiger partial charge on any atom is 0.433 e. The molecule has 0 unspecified atom stereocenters. The number of hydrogen-bond acceptors (Lipinski definition) is 7. The highest BCUT2D eigenvalue weighted by molar-refractivity contribution is 5.86. The molecule has 3 aromatic rings. The Morgan fingerprint density at radius 2 is 2.07 bits per heavy atom. The van der Waals surface area contributed by atoms with Crippen LogP contribution < -0.4 is 5.32 Å². The van der Waals surface area contributed by atoms with Crippen LogP contribution in [0.2, 0.25) is 0 Å². The molecule has 0 radical (unpaired) electrons. The highest BCUT2D eigenvalue weighted by Crippen LogP contribution is 2.30. The highest BCUT2D eigenvalue weighted by Gasteiger charge is 2.34. The van der Waals surface area contributed by atoms with E-state index in [2.05, 4.69) is 20.3 Å². The van der Waals surface area contributed by atoms with E-state index in [9.17, 15) is 18.0 Å². The molecule has 10 heteroatoms. The molecule has 7 nitrogen and oxygen atoms in total. The third-order valence-electron chi connectivity index (χ3n) is 3.52. The molecule has 3 aromatic heterocycles. The number of halogens is 3. The van der Waals surface area contributed by atoms with Gasteiger partial charge in [0, 0.05) is 24.0 Å². The molecule has 0 aromatic carbocycles. The lowest BCUT2D eigenvalue weighted by molar-refractivity contribution is -0.141. The van der Waals surface area contributed by atoms with Gasteiger partial charge in [0.05, 0.1) is 13.2 Å². The molecule has 0 bridgehead atoms. The van der Waals surface area contributed by atoms with Crippen LogP contribution in [0.5, 0.6) is 0 Å². The molecule has 0 aliphatic heterocycles. The van der Waals surface area contributed by atoms with Crippen molar-refractivity contribution >= 4 is 11.8 Å². The van der Waals surface area contributed by atoms with E-state index in [1.807, 2.05) is 0 Å². The number of pyridine rings is 1. The van der Waals surface area contributed by atoms with E-state index in [4.69, 9.17) is 9.15 Å². The molecule has 0 saturated heterocycles. The summed E-state index contributed by atoms with van der Waals surface area (Å²) in [4.78, 5) is 23.2. The SMILES string of the molecule is CCOC(=O)c1ccc(CNc2cc(C(F)(F)F)nc(-c3cccnc3)n2)o1. The standard InChI is InChI=1S/C18H15F3N4O3/c1-2-27-17(26)13-6-5-12(28-13)10-23-15-8-14(18(19,20)21)24-16(25-15)11-4-3-7-22-9-11/h3-9H,2,10H2,1H3,(H,23,24,25). The molecule has 0 fully saturated rings. The first kappa shape index (κ1) is 19.3. The van der Waals surface area contributed by atoms with Crippen LogP contribution in [-0.4, -0.2) is 27.5 Å². The zero-order valence-electron chi connectivity index (χ0n) is 14.7. The van der Waals surface area contributed by atoms with Gasteiger partial charge in [0.15, 0.2) is 11.5 Å². The van der Waals surface area contributed by atoms with Crippen molar-refractivity contribution in [1.82, 2.24) is 15.0 Å². The Morgan fingerprint density at radius 1 is 1.25 bits per heavy atom. The van der Waals surface area contributed by atoms with E-state index in [1.165, 1.54) is 24.5 Å². The fourth-order valence-electron chi connectivity index (χ4n) is 2.27. The van der Waals surface area contributed by atoms with Gasteiger partial charge in [-0.3, -0.25) is 4.98 Å². The Labute approximate surface area is 157 Å². The number of alkyl halides is 3. The number of anilines is 1. The molecule has 3 heterocycles. The summed E-state index contributed by atoms with van der Waals surface area (Å²) < 4.78 is 49.7. The monoisotopic (exact) mass is 392 g/mol. The molecule has 0 saturated carbocycles. The summed E-state index contributed by atoms with van der Waals surface area (Å²) in [5.41, 5.74) is -0.741. The van der Waals surface area contributed by atoms with Crippen LogP contribution in [0.1, 0.15) is 28.9 Å². The predicted molar refractivity (Wildman–Crippen MR) is 92.3 cm³/mol. The predicted octanol–water partition coefficient (Wildman–Crippen LogP) is 3.94. The first-order valence-electron chi connectivity index (χ1n) is 8.23. The zero-order valence-corrected chi connectivity index (χ0v) is 14.7. The van der Waals surface area contributed by atoms with Crippen LogP contribution in [0.4, 0.5) is 19.0 Å².